The number of aliphatic imine (C=N–C) groups is 1. The molecular formula is C6H12N2S. The fourth-order valence-electron chi connectivity index (χ4n) is 0.348. The normalized spacial score (nSPS) is 11.4. The van der Waals surface area contributed by atoms with Gasteiger partial charge in [0, 0.05) is 0 Å². The highest BCUT2D eigenvalue weighted by Crippen LogP contribution is 1.96. The molecule has 0 aromatic heterocycles. The van der Waals surface area contributed by atoms with E-state index in [0.29, 0.717) is 11.7 Å². The summed E-state index contributed by atoms with van der Waals surface area (Å²) in [6, 6.07) is 0. The molecule has 9 heavy (non-hydrogen) atoms. The van der Waals surface area contributed by atoms with Crippen LogP contribution in [0.5, 0.6) is 0 Å². The molecule has 0 atom stereocenters. The summed E-state index contributed by atoms with van der Waals surface area (Å²) in [5.41, 5.74) is 5.44. The predicted octanol–water partition coefficient (Wildman–Crippen LogP) is 1.24. The van der Waals surface area contributed by atoms with E-state index in [2.05, 4.69) is 11.6 Å². The lowest BCUT2D eigenvalue weighted by Crippen LogP contribution is -2.06. The lowest BCUT2D eigenvalue weighted by molar-refractivity contribution is 1.25. The molecular weight excluding hydrogens is 132 g/mol. The van der Waals surface area contributed by atoms with Gasteiger partial charge in [0.1, 0.15) is 0 Å². The van der Waals surface area contributed by atoms with Gasteiger partial charge in [-0.3, -0.25) is 4.99 Å². The second-order valence-corrected chi connectivity index (χ2v) is 2.68. The van der Waals surface area contributed by atoms with Crippen LogP contribution in [-0.4, -0.2) is 17.5 Å². The van der Waals surface area contributed by atoms with Gasteiger partial charge in [-0.15, -0.1) is 6.58 Å². The van der Waals surface area contributed by atoms with E-state index in [4.69, 9.17) is 5.73 Å². The molecule has 52 valence electrons. The van der Waals surface area contributed by atoms with Crippen LogP contribution < -0.4 is 5.73 Å². The first-order valence-corrected chi connectivity index (χ1v) is 3.83. The lowest BCUT2D eigenvalue weighted by Gasteiger charge is -1.93. The van der Waals surface area contributed by atoms with E-state index in [9.17, 15) is 0 Å². The summed E-state index contributed by atoms with van der Waals surface area (Å²) in [5, 5.41) is 0.650. The van der Waals surface area contributed by atoms with Crippen LogP contribution in [-0.2, 0) is 0 Å². The third-order valence-electron chi connectivity index (χ3n) is 0.668. The number of rotatable bonds is 3. The fraction of sp³-hybridized carbons (Fsp3) is 0.500. The van der Waals surface area contributed by atoms with E-state index >= 15 is 0 Å². The Morgan fingerprint density at radius 2 is 2.56 bits per heavy atom. The minimum absolute atomic E-state index is 0.624. The first-order valence-electron chi connectivity index (χ1n) is 2.84. The Morgan fingerprint density at radius 1 is 1.89 bits per heavy atom. The smallest absolute Gasteiger partial charge is 0.154 e. The van der Waals surface area contributed by atoms with Crippen LogP contribution >= 0.6 is 11.8 Å². The number of nitrogens with two attached hydrogens (primary N) is 1. The highest BCUT2D eigenvalue weighted by atomic mass is 32.2. The monoisotopic (exact) mass is 144 g/mol. The molecule has 0 aliphatic carbocycles. The molecule has 0 unspecified atom stereocenters. The van der Waals surface area contributed by atoms with E-state index in [-0.39, 0.29) is 0 Å². The Hall–Kier alpha value is -0.440. The molecule has 2 nitrogen and oxygen atoms in total. The highest BCUT2D eigenvalue weighted by molar-refractivity contribution is 8.13. The van der Waals surface area contributed by atoms with Crippen molar-refractivity contribution in [2.24, 2.45) is 10.7 Å². The summed E-state index contributed by atoms with van der Waals surface area (Å²) in [6.07, 6.45) is 1.73. The van der Waals surface area contributed by atoms with Gasteiger partial charge in [-0.2, -0.15) is 0 Å². The van der Waals surface area contributed by atoms with E-state index < -0.39 is 0 Å². The maximum atomic E-state index is 5.44. The molecule has 0 saturated heterocycles. The average Bonchev–Trinajstić information content (AvgIpc) is 1.85. The van der Waals surface area contributed by atoms with Crippen molar-refractivity contribution < 1.29 is 0 Å². The topological polar surface area (TPSA) is 38.4 Å². The molecule has 0 saturated carbocycles. The van der Waals surface area contributed by atoms with Crippen LogP contribution in [0.4, 0.5) is 0 Å². The van der Waals surface area contributed by atoms with Crippen molar-refractivity contribution >= 4 is 16.9 Å². The van der Waals surface area contributed by atoms with Gasteiger partial charge in [-0.25, -0.2) is 0 Å². The average molecular weight is 144 g/mol. The Kier molecular flexibility index (Phi) is 5.41. The zero-order chi connectivity index (χ0) is 7.11. The van der Waals surface area contributed by atoms with Crippen molar-refractivity contribution in [3.05, 3.63) is 12.7 Å². The van der Waals surface area contributed by atoms with Gasteiger partial charge in [0.2, 0.25) is 0 Å². The molecule has 0 spiro atoms. The van der Waals surface area contributed by atoms with E-state index in [1.807, 2.05) is 6.92 Å². The van der Waals surface area contributed by atoms with Crippen molar-refractivity contribution in [1.29, 1.82) is 0 Å². The van der Waals surface area contributed by atoms with Crippen molar-refractivity contribution in [1.82, 2.24) is 0 Å². The van der Waals surface area contributed by atoms with Gasteiger partial charge in [0.15, 0.2) is 5.17 Å². The molecule has 3 heteroatoms. The third-order valence-corrected chi connectivity index (χ3v) is 1.38. The van der Waals surface area contributed by atoms with Crippen molar-refractivity contribution in [2.45, 2.75) is 6.92 Å². The van der Waals surface area contributed by atoms with E-state index in [1.54, 1.807) is 17.8 Å². The quantitative estimate of drug-likeness (QED) is 0.367. The molecule has 0 fully saturated rings. The summed E-state index contributed by atoms with van der Waals surface area (Å²) in [6.45, 7) is 6.19. The van der Waals surface area contributed by atoms with Gasteiger partial charge in [0.25, 0.3) is 0 Å². The zero-order valence-electron chi connectivity index (χ0n) is 5.63. The molecule has 0 aromatic rings. The number of hydrogen-bond donors (Lipinski definition) is 1. The highest BCUT2D eigenvalue weighted by Gasteiger charge is 1.85. The molecule has 0 aliphatic rings. The minimum Gasteiger partial charge on any atom is -0.379 e. The SMILES string of the molecule is C=CCN=C(N)SCC. The number of thioether (sulfide) groups is 1. The number of amidine groups is 1. The van der Waals surface area contributed by atoms with Gasteiger partial charge >= 0.3 is 0 Å². The van der Waals surface area contributed by atoms with Crippen LogP contribution in [0.2, 0.25) is 0 Å². The van der Waals surface area contributed by atoms with Gasteiger partial charge in [-0.05, 0) is 5.75 Å². The summed E-state index contributed by atoms with van der Waals surface area (Å²) < 4.78 is 0. The number of nitrogens with zero attached hydrogens (tertiary/aromatic N) is 1. The van der Waals surface area contributed by atoms with Crippen LogP contribution in [0, 0.1) is 0 Å². The Labute approximate surface area is 60.2 Å². The van der Waals surface area contributed by atoms with E-state index in [1.165, 1.54) is 0 Å². The predicted molar refractivity (Wildman–Crippen MR) is 44.8 cm³/mol. The minimum atomic E-state index is 0.624. The summed E-state index contributed by atoms with van der Waals surface area (Å²) in [7, 11) is 0. The Morgan fingerprint density at radius 3 is 3.00 bits per heavy atom. The second-order valence-electron chi connectivity index (χ2n) is 1.40. The first kappa shape index (κ1) is 8.56. The largest absolute Gasteiger partial charge is 0.379 e. The third kappa shape index (κ3) is 5.43. The second kappa shape index (κ2) is 5.69. The molecule has 0 aliphatic heterocycles. The molecule has 0 aromatic carbocycles. The molecule has 0 bridgehead atoms. The first-order chi connectivity index (χ1) is 4.31. The number of hydrogen-bond acceptors (Lipinski definition) is 2. The van der Waals surface area contributed by atoms with Crippen LogP contribution in [0.1, 0.15) is 6.92 Å². The van der Waals surface area contributed by atoms with Crippen molar-refractivity contribution in [3.63, 3.8) is 0 Å². The summed E-state index contributed by atoms with van der Waals surface area (Å²) in [5.74, 6) is 0.979. The maximum Gasteiger partial charge on any atom is 0.154 e. The van der Waals surface area contributed by atoms with Gasteiger partial charge in [0.05, 0.1) is 6.54 Å². The summed E-state index contributed by atoms with van der Waals surface area (Å²) >= 11 is 1.55. The molecule has 0 heterocycles. The molecule has 2 N–H and O–H groups in total. The Balaban J connectivity index is 3.42. The van der Waals surface area contributed by atoms with Crippen LogP contribution in [0.25, 0.3) is 0 Å². The van der Waals surface area contributed by atoms with Crippen LogP contribution in [0.15, 0.2) is 17.6 Å². The zero-order valence-corrected chi connectivity index (χ0v) is 6.45. The van der Waals surface area contributed by atoms with Crippen molar-refractivity contribution in [3.8, 4) is 0 Å². The molecule has 0 radical (unpaired) electrons. The molecule has 0 rings (SSSR count). The fourth-order valence-corrected chi connectivity index (χ4v) is 0.810. The Bertz CT molecular complexity index is 110. The maximum absolute atomic E-state index is 5.44. The van der Waals surface area contributed by atoms with Crippen molar-refractivity contribution in [2.75, 3.05) is 12.3 Å². The van der Waals surface area contributed by atoms with Gasteiger partial charge < -0.3 is 5.73 Å². The standard InChI is InChI=1S/C6H12N2S/c1-3-5-8-6(7)9-4-2/h3H,1,4-5H2,2H3,(H2,7,8). The van der Waals surface area contributed by atoms with Crippen LogP contribution in [0.3, 0.4) is 0 Å². The summed E-state index contributed by atoms with van der Waals surface area (Å²) in [4.78, 5) is 3.97. The molecule has 0 amide bonds. The lowest BCUT2D eigenvalue weighted by atomic mass is 10.7. The van der Waals surface area contributed by atoms with E-state index in [0.717, 1.165) is 5.75 Å². The van der Waals surface area contributed by atoms with Gasteiger partial charge in [-0.1, -0.05) is 24.8 Å².